The molecule has 1 aromatic heterocycles. The number of nitrogens with zero attached hydrogens (tertiary/aromatic N) is 4. The van der Waals surface area contributed by atoms with Crippen molar-refractivity contribution in [3.05, 3.63) is 102 Å². The minimum atomic E-state index is -0.533. The van der Waals surface area contributed by atoms with Crippen molar-refractivity contribution < 1.29 is 19.1 Å². The fraction of sp³-hybridized carbons (Fsp3) is 0.212. The average Bonchev–Trinajstić information content (AvgIpc) is 3.02. The number of aromatic nitrogens is 1. The predicted molar refractivity (Wildman–Crippen MR) is 164 cm³/mol. The topological polar surface area (TPSA) is 121 Å². The number of carbonyl (C=O) groups excluding carboxylic acids is 3. The Balaban J connectivity index is 1.14. The third kappa shape index (κ3) is 6.34. The SMILES string of the molecule is NC(=O)c1ccc(N2CCN(Cc3ccccc3N3CCC(=O)NC3=O)CC2)nc1-c1ccc(Oc2ccccc2)cc1. The third-order valence-electron chi connectivity index (χ3n) is 7.68. The summed E-state index contributed by atoms with van der Waals surface area (Å²) in [5.41, 5.74) is 9.24. The summed E-state index contributed by atoms with van der Waals surface area (Å²) in [5, 5.41) is 2.41. The van der Waals surface area contributed by atoms with E-state index in [1.807, 2.05) is 84.9 Å². The van der Waals surface area contributed by atoms with Crippen molar-refractivity contribution >= 4 is 29.4 Å². The summed E-state index contributed by atoms with van der Waals surface area (Å²) >= 11 is 0. The summed E-state index contributed by atoms with van der Waals surface area (Å²) in [6.07, 6.45) is 0.286. The number of ether oxygens (including phenoxy) is 1. The molecule has 3 N–H and O–H groups in total. The van der Waals surface area contributed by atoms with E-state index in [0.29, 0.717) is 30.1 Å². The molecule has 3 aromatic carbocycles. The minimum Gasteiger partial charge on any atom is -0.457 e. The molecular formula is C33H32N6O4. The Kier molecular flexibility index (Phi) is 8.01. The van der Waals surface area contributed by atoms with Gasteiger partial charge in [0.1, 0.15) is 17.3 Å². The lowest BCUT2D eigenvalue weighted by atomic mass is 10.0. The second-order valence-corrected chi connectivity index (χ2v) is 10.5. The Morgan fingerprint density at radius 3 is 2.23 bits per heavy atom. The fourth-order valence-electron chi connectivity index (χ4n) is 5.43. The quantitative estimate of drug-likeness (QED) is 0.319. The van der Waals surface area contributed by atoms with Crippen LogP contribution in [0.25, 0.3) is 11.3 Å². The van der Waals surface area contributed by atoms with E-state index in [-0.39, 0.29) is 18.4 Å². The molecule has 0 aliphatic carbocycles. The van der Waals surface area contributed by atoms with E-state index in [2.05, 4.69) is 15.1 Å². The molecule has 10 nitrogen and oxygen atoms in total. The lowest BCUT2D eigenvalue weighted by Gasteiger charge is -2.36. The summed E-state index contributed by atoms with van der Waals surface area (Å²) in [7, 11) is 0. The first kappa shape index (κ1) is 27.9. The normalized spacial score (nSPS) is 15.7. The second-order valence-electron chi connectivity index (χ2n) is 10.5. The Hall–Kier alpha value is -5.22. The molecule has 2 fully saturated rings. The number of imide groups is 1. The zero-order chi connectivity index (χ0) is 29.8. The molecule has 0 unspecified atom stereocenters. The van der Waals surface area contributed by atoms with Crippen molar-refractivity contribution in [1.82, 2.24) is 15.2 Å². The molecule has 0 saturated carbocycles. The van der Waals surface area contributed by atoms with Crippen LogP contribution in [0.4, 0.5) is 16.3 Å². The Morgan fingerprint density at radius 1 is 0.814 bits per heavy atom. The molecule has 0 radical (unpaired) electrons. The standard InChI is InChI=1S/C33H32N6O4/c34-32(41)27-14-15-29(35-31(27)23-10-12-26(13-11-23)43-25-7-2-1-3-8-25)38-20-18-37(19-21-38)22-24-6-4-5-9-28(24)39-17-16-30(40)36-33(39)42/h1-15H,16-22H2,(H2,34,41)(H,36,40,42). The summed E-state index contributed by atoms with van der Waals surface area (Å²) in [5.74, 6) is 1.42. The van der Waals surface area contributed by atoms with Gasteiger partial charge in [-0.15, -0.1) is 0 Å². The van der Waals surface area contributed by atoms with Gasteiger partial charge in [0.2, 0.25) is 5.91 Å². The van der Waals surface area contributed by atoms with Gasteiger partial charge in [-0.3, -0.25) is 24.7 Å². The number of nitrogens with one attached hydrogen (secondary N) is 1. The number of primary amides is 1. The third-order valence-corrected chi connectivity index (χ3v) is 7.68. The number of para-hydroxylation sites is 2. The second kappa shape index (κ2) is 12.3. The Bertz CT molecular complexity index is 1640. The monoisotopic (exact) mass is 576 g/mol. The van der Waals surface area contributed by atoms with Crippen molar-refractivity contribution in [3.8, 4) is 22.8 Å². The Morgan fingerprint density at radius 2 is 1.51 bits per heavy atom. The van der Waals surface area contributed by atoms with E-state index >= 15 is 0 Å². The summed E-state index contributed by atoms with van der Waals surface area (Å²) < 4.78 is 5.91. The molecular weight excluding hydrogens is 544 g/mol. The van der Waals surface area contributed by atoms with Crippen LogP contribution < -0.4 is 25.6 Å². The van der Waals surface area contributed by atoms with E-state index in [9.17, 15) is 14.4 Å². The smallest absolute Gasteiger partial charge is 0.328 e. The number of carbonyl (C=O) groups is 3. The minimum absolute atomic E-state index is 0.246. The van der Waals surface area contributed by atoms with Crippen molar-refractivity contribution in [1.29, 1.82) is 0 Å². The molecule has 6 rings (SSSR count). The van der Waals surface area contributed by atoms with E-state index in [1.54, 1.807) is 11.0 Å². The molecule has 0 spiro atoms. The van der Waals surface area contributed by atoms with Gasteiger partial charge in [-0.1, -0.05) is 36.4 Å². The first-order valence-corrected chi connectivity index (χ1v) is 14.3. The number of amides is 4. The van der Waals surface area contributed by atoms with Gasteiger partial charge in [-0.05, 0) is 60.2 Å². The zero-order valence-electron chi connectivity index (χ0n) is 23.6. The molecule has 2 aliphatic rings. The average molecular weight is 577 g/mol. The summed E-state index contributed by atoms with van der Waals surface area (Å²) in [6, 6.07) is 28.0. The molecule has 2 saturated heterocycles. The highest BCUT2D eigenvalue weighted by Gasteiger charge is 2.27. The fourth-order valence-corrected chi connectivity index (χ4v) is 5.43. The van der Waals surface area contributed by atoms with E-state index in [0.717, 1.165) is 54.6 Å². The number of nitrogens with two attached hydrogens (primary N) is 1. The highest BCUT2D eigenvalue weighted by molar-refractivity contribution is 6.06. The van der Waals surface area contributed by atoms with E-state index < -0.39 is 5.91 Å². The highest BCUT2D eigenvalue weighted by atomic mass is 16.5. The number of pyridine rings is 1. The highest BCUT2D eigenvalue weighted by Crippen LogP contribution is 2.30. The van der Waals surface area contributed by atoms with Gasteiger partial charge in [0.15, 0.2) is 0 Å². The predicted octanol–water partition coefficient (Wildman–Crippen LogP) is 4.41. The van der Waals surface area contributed by atoms with Gasteiger partial charge in [-0.2, -0.15) is 0 Å². The van der Waals surface area contributed by atoms with Crippen LogP contribution in [0, 0.1) is 0 Å². The van der Waals surface area contributed by atoms with E-state index in [4.69, 9.17) is 15.5 Å². The van der Waals surface area contributed by atoms with Gasteiger partial charge >= 0.3 is 6.03 Å². The van der Waals surface area contributed by atoms with Crippen LogP contribution in [-0.4, -0.2) is 60.5 Å². The van der Waals surface area contributed by atoms with Gasteiger partial charge < -0.3 is 15.4 Å². The van der Waals surface area contributed by atoms with Crippen LogP contribution in [0.1, 0.15) is 22.3 Å². The molecule has 10 heteroatoms. The number of piperazine rings is 1. The van der Waals surface area contributed by atoms with Crippen molar-refractivity contribution in [2.75, 3.05) is 42.5 Å². The van der Waals surface area contributed by atoms with Gasteiger partial charge in [0, 0.05) is 56.9 Å². The molecule has 3 heterocycles. The molecule has 4 amide bonds. The van der Waals surface area contributed by atoms with Crippen LogP contribution in [0.5, 0.6) is 11.5 Å². The van der Waals surface area contributed by atoms with Crippen LogP contribution >= 0.6 is 0 Å². The first-order chi connectivity index (χ1) is 20.9. The van der Waals surface area contributed by atoms with Crippen LogP contribution in [0.2, 0.25) is 0 Å². The van der Waals surface area contributed by atoms with Gasteiger partial charge in [0.25, 0.3) is 5.91 Å². The van der Waals surface area contributed by atoms with Crippen LogP contribution in [-0.2, 0) is 11.3 Å². The molecule has 0 bridgehead atoms. The lowest BCUT2D eigenvalue weighted by Crippen LogP contribution is -2.50. The van der Waals surface area contributed by atoms with Crippen LogP contribution in [0.15, 0.2) is 91.0 Å². The molecule has 218 valence electrons. The Labute approximate surface area is 249 Å². The van der Waals surface area contributed by atoms with Crippen molar-refractivity contribution in [2.45, 2.75) is 13.0 Å². The number of benzene rings is 3. The molecule has 2 aliphatic heterocycles. The van der Waals surface area contributed by atoms with Gasteiger partial charge in [-0.25, -0.2) is 9.78 Å². The number of hydrogen-bond donors (Lipinski definition) is 2. The maximum Gasteiger partial charge on any atom is 0.328 e. The number of rotatable bonds is 8. The molecule has 4 aromatic rings. The van der Waals surface area contributed by atoms with Gasteiger partial charge in [0.05, 0.1) is 11.3 Å². The maximum absolute atomic E-state index is 12.5. The molecule has 43 heavy (non-hydrogen) atoms. The number of urea groups is 1. The molecule has 0 atom stereocenters. The lowest BCUT2D eigenvalue weighted by molar-refractivity contribution is -0.120. The first-order valence-electron chi connectivity index (χ1n) is 14.3. The summed E-state index contributed by atoms with van der Waals surface area (Å²) in [4.78, 5) is 47.4. The van der Waals surface area contributed by atoms with Crippen molar-refractivity contribution in [3.63, 3.8) is 0 Å². The van der Waals surface area contributed by atoms with Crippen LogP contribution in [0.3, 0.4) is 0 Å². The number of hydrogen-bond acceptors (Lipinski definition) is 7. The van der Waals surface area contributed by atoms with Crippen molar-refractivity contribution in [2.24, 2.45) is 5.73 Å². The zero-order valence-corrected chi connectivity index (χ0v) is 23.6. The largest absolute Gasteiger partial charge is 0.457 e. The summed E-state index contributed by atoms with van der Waals surface area (Å²) in [6.45, 7) is 4.12. The number of anilines is 2. The maximum atomic E-state index is 12.5. The van der Waals surface area contributed by atoms with E-state index in [1.165, 1.54) is 0 Å².